The average molecular weight is 377 g/mol. The second-order valence-electron chi connectivity index (χ2n) is 5.96. The molecule has 0 saturated carbocycles. The molecule has 3 aromatic rings. The summed E-state index contributed by atoms with van der Waals surface area (Å²) < 4.78 is 5.82. The highest BCUT2D eigenvalue weighted by Gasteiger charge is 2.13. The Balaban J connectivity index is 2.01. The van der Waals surface area contributed by atoms with Gasteiger partial charge in [0.15, 0.2) is 11.6 Å². The molecule has 5 heteroatoms. The number of hydrogen-bond donors (Lipinski definition) is 0. The number of carbonyl (C=O) groups excluding carboxylic acids is 2. The summed E-state index contributed by atoms with van der Waals surface area (Å²) in [6.45, 7) is 0. The van der Waals surface area contributed by atoms with Gasteiger partial charge in [0.25, 0.3) is 0 Å². The molecule has 0 aliphatic carbocycles. The molecule has 0 aliphatic heterocycles. The molecule has 0 amide bonds. The summed E-state index contributed by atoms with van der Waals surface area (Å²) in [5.74, 6) is 1.06. The van der Waals surface area contributed by atoms with Crippen molar-refractivity contribution in [1.82, 2.24) is 0 Å². The molecule has 0 unspecified atom stereocenters. The summed E-state index contributed by atoms with van der Waals surface area (Å²) in [5.41, 5.74) is 2.68. The van der Waals surface area contributed by atoms with Crippen LogP contribution in [0.2, 0.25) is 0 Å². The summed E-state index contributed by atoms with van der Waals surface area (Å²) in [4.78, 5) is 24.5. The van der Waals surface area contributed by atoms with E-state index >= 15 is 0 Å². The summed E-state index contributed by atoms with van der Waals surface area (Å²) >= 11 is 11.3. The van der Waals surface area contributed by atoms with E-state index in [0.29, 0.717) is 59.7 Å². The van der Waals surface area contributed by atoms with Gasteiger partial charge in [0.1, 0.15) is 11.2 Å². The molecular weight excluding hydrogens is 359 g/mol. The fraction of sp³-hybridized carbons (Fsp3) is 0.300. The molecule has 1 heterocycles. The lowest BCUT2D eigenvalue weighted by Gasteiger charge is -2.01. The van der Waals surface area contributed by atoms with Crippen molar-refractivity contribution in [2.75, 3.05) is 11.8 Å². The zero-order valence-electron chi connectivity index (χ0n) is 13.7. The number of alkyl halides is 2. The van der Waals surface area contributed by atoms with Crippen molar-refractivity contribution >= 4 is 56.7 Å². The van der Waals surface area contributed by atoms with E-state index in [1.54, 1.807) is 24.3 Å². The fourth-order valence-corrected chi connectivity index (χ4v) is 3.13. The third kappa shape index (κ3) is 3.88. The monoisotopic (exact) mass is 376 g/mol. The van der Waals surface area contributed by atoms with Gasteiger partial charge in [-0.3, -0.25) is 9.59 Å². The van der Waals surface area contributed by atoms with E-state index in [2.05, 4.69) is 0 Å². The zero-order chi connectivity index (χ0) is 17.8. The number of fused-ring (bicyclic) bond motifs is 3. The molecule has 0 atom stereocenters. The number of Topliss-reactive ketones (excluding diaryl/α,β-unsaturated/α-hetero) is 2. The number of furan rings is 1. The van der Waals surface area contributed by atoms with Crippen molar-refractivity contribution in [3.8, 4) is 0 Å². The standard InChI is InChI=1S/C20H18Cl2O3/c21-9-1-3-17(23)13-5-7-19-15(11-13)16-12-14(6-8-20(16)25-19)18(24)4-2-10-22/h5-8,11-12H,1-4,9-10H2. The molecule has 0 bridgehead atoms. The van der Waals surface area contributed by atoms with Crippen molar-refractivity contribution in [2.45, 2.75) is 25.7 Å². The second kappa shape index (κ2) is 8.03. The fourth-order valence-electron chi connectivity index (χ4n) is 2.87. The minimum Gasteiger partial charge on any atom is -0.456 e. The topological polar surface area (TPSA) is 47.3 Å². The van der Waals surface area contributed by atoms with Gasteiger partial charge in [0.2, 0.25) is 0 Å². The van der Waals surface area contributed by atoms with Crippen LogP contribution in [0.3, 0.4) is 0 Å². The number of benzene rings is 2. The van der Waals surface area contributed by atoms with Gasteiger partial charge in [-0.15, -0.1) is 23.2 Å². The quantitative estimate of drug-likeness (QED) is 0.358. The Morgan fingerprint density at radius 2 is 1.20 bits per heavy atom. The summed E-state index contributed by atoms with van der Waals surface area (Å²) in [6, 6.07) is 10.8. The van der Waals surface area contributed by atoms with Gasteiger partial charge in [-0.2, -0.15) is 0 Å². The molecular formula is C20H18Cl2O3. The lowest BCUT2D eigenvalue weighted by Crippen LogP contribution is -1.99. The van der Waals surface area contributed by atoms with Crippen LogP contribution in [0.5, 0.6) is 0 Å². The van der Waals surface area contributed by atoms with Crippen LogP contribution < -0.4 is 0 Å². The third-order valence-corrected chi connectivity index (χ3v) is 4.72. The second-order valence-corrected chi connectivity index (χ2v) is 6.71. The van der Waals surface area contributed by atoms with Crippen LogP contribution in [0, 0.1) is 0 Å². The van der Waals surface area contributed by atoms with Crippen molar-refractivity contribution in [2.24, 2.45) is 0 Å². The first-order valence-electron chi connectivity index (χ1n) is 8.28. The molecule has 0 fully saturated rings. The van der Waals surface area contributed by atoms with Crippen molar-refractivity contribution < 1.29 is 14.0 Å². The van der Waals surface area contributed by atoms with Crippen LogP contribution in [-0.4, -0.2) is 23.3 Å². The molecule has 0 radical (unpaired) electrons. The third-order valence-electron chi connectivity index (χ3n) is 4.19. The Morgan fingerprint density at radius 1 is 0.760 bits per heavy atom. The average Bonchev–Trinajstić information content (AvgIpc) is 3.01. The largest absolute Gasteiger partial charge is 0.456 e. The lowest BCUT2D eigenvalue weighted by molar-refractivity contribution is 0.0974. The molecule has 1 aromatic heterocycles. The van der Waals surface area contributed by atoms with Gasteiger partial charge in [-0.05, 0) is 49.2 Å². The van der Waals surface area contributed by atoms with Gasteiger partial charge in [0.05, 0.1) is 0 Å². The van der Waals surface area contributed by atoms with Gasteiger partial charge >= 0.3 is 0 Å². The summed E-state index contributed by atoms with van der Waals surface area (Å²) in [7, 11) is 0. The van der Waals surface area contributed by atoms with Crippen LogP contribution in [0.25, 0.3) is 21.9 Å². The Kier molecular flexibility index (Phi) is 5.77. The maximum absolute atomic E-state index is 12.2. The molecule has 25 heavy (non-hydrogen) atoms. The van der Waals surface area contributed by atoms with Crippen molar-refractivity contribution in [3.05, 3.63) is 47.5 Å². The molecule has 0 saturated heterocycles. The molecule has 3 nitrogen and oxygen atoms in total. The first-order chi connectivity index (χ1) is 12.1. The van der Waals surface area contributed by atoms with Crippen LogP contribution in [-0.2, 0) is 0 Å². The number of halogens is 2. The SMILES string of the molecule is O=C(CCCCl)c1ccc2oc3ccc(C(=O)CCCCl)cc3c2c1. The highest BCUT2D eigenvalue weighted by Crippen LogP contribution is 2.31. The zero-order valence-corrected chi connectivity index (χ0v) is 15.2. The van der Waals surface area contributed by atoms with E-state index in [0.717, 1.165) is 10.8 Å². The van der Waals surface area contributed by atoms with E-state index in [1.165, 1.54) is 0 Å². The smallest absolute Gasteiger partial charge is 0.162 e. The van der Waals surface area contributed by atoms with Crippen molar-refractivity contribution in [1.29, 1.82) is 0 Å². The Labute approximate surface area is 155 Å². The predicted molar refractivity (Wildman–Crippen MR) is 102 cm³/mol. The number of rotatable bonds is 8. The maximum atomic E-state index is 12.2. The molecule has 3 rings (SSSR count). The van der Waals surface area contributed by atoms with Gasteiger partial charge in [-0.1, -0.05) is 0 Å². The summed E-state index contributed by atoms with van der Waals surface area (Å²) in [6.07, 6.45) is 2.16. The molecule has 0 spiro atoms. The van der Waals surface area contributed by atoms with Crippen LogP contribution in [0.1, 0.15) is 46.4 Å². The molecule has 0 N–H and O–H groups in total. The first-order valence-corrected chi connectivity index (χ1v) is 9.35. The highest BCUT2D eigenvalue weighted by molar-refractivity contribution is 6.18. The van der Waals surface area contributed by atoms with Crippen LogP contribution in [0.15, 0.2) is 40.8 Å². The minimum atomic E-state index is 0.0613. The number of ketones is 2. The lowest BCUT2D eigenvalue weighted by atomic mass is 10.0. The highest BCUT2D eigenvalue weighted by atomic mass is 35.5. The van der Waals surface area contributed by atoms with E-state index in [-0.39, 0.29) is 11.6 Å². The van der Waals surface area contributed by atoms with Crippen molar-refractivity contribution in [3.63, 3.8) is 0 Å². The Morgan fingerprint density at radius 3 is 1.60 bits per heavy atom. The Bertz CT molecular complexity index is 853. The maximum Gasteiger partial charge on any atom is 0.162 e. The normalized spacial score (nSPS) is 11.3. The first kappa shape index (κ1) is 18.0. The van der Waals surface area contributed by atoms with E-state index < -0.39 is 0 Å². The number of carbonyl (C=O) groups is 2. The molecule has 130 valence electrons. The minimum absolute atomic E-state index is 0.0613. The van der Waals surface area contributed by atoms with Crippen LogP contribution >= 0.6 is 23.2 Å². The van der Waals surface area contributed by atoms with Gasteiger partial charge < -0.3 is 4.42 Å². The van der Waals surface area contributed by atoms with E-state index in [1.807, 2.05) is 12.1 Å². The molecule has 0 aliphatic rings. The van der Waals surface area contributed by atoms with Crippen LogP contribution in [0.4, 0.5) is 0 Å². The molecule has 2 aromatic carbocycles. The summed E-state index contributed by atoms with van der Waals surface area (Å²) in [5, 5.41) is 1.69. The predicted octanol–water partition coefficient (Wildman–Crippen LogP) is 5.99. The van der Waals surface area contributed by atoms with Gasteiger partial charge in [-0.25, -0.2) is 0 Å². The van der Waals surface area contributed by atoms with E-state index in [9.17, 15) is 9.59 Å². The van der Waals surface area contributed by atoms with Gasteiger partial charge in [0, 0.05) is 46.5 Å². The Hall–Kier alpha value is -1.84. The number of hydrogen-bond acceptors (Lipinski definition) is 3. The van der Waals surface area contributed by atoms with E-state index in [4.69, 9.17) is 27.6 Å².